The molecule has 1 amide bonds. The van der Waals surface area contributed by atoms with Crippen molar-refractivity contribution < 1.29 is 9.53 Å². The number of hydrogen-bond donors (Lipinski definition) is 1. The summed E-state index contributed by atoms with van der Waals surface area (Å²) in [5.74, 6) is 1.75. The van der Waals surface area contributed by atoms with Crippen LogP contribution in [0.4, 0.5) is 0 Å². The van der Waals surface area contributed by atoms with E-state index < -0.39 is 0 Å². The lowest BCUT2D eigenvalue weighted by molar-refractivity contribution is -0.121. The predicted octanol–water partition coefficient (Wildman–Crippen LogP) is 2.18. The van der Waals surface area contributed by atoms with Gasteiger partial charge in [0.25, 0.3) is 0 Å². The van der Waals surface area contributed by atoms with Gasteiger partial charge in [0.1, 0.15) is 11.9 Å². The van der Waals surface area contributed by atoms with Gasteiger partial charge in [-0.2, -0.15) is 0 Å². The zero-order valence-electron chi connectivity index (χ0n) is 14.6. The van der Waals surface area contributed by atoms with Crippen LogP contribution in [-0.2, 0) is 29.0 Å². The van der Waals surface area contributed by atoms with Gasteiger partial charge in [-0.1, -0.05) is 6.92 Å². The van der Waals surface area contributed by atoms with Crippen molar-refractivity contribution in [3.05, 3.63) is 42.0 Å². The second-order valence-electron chi connectivity index (χ2n) is 6.22. The summed E-state index contributed by atoms with van der Waals surface area (Å²) in [6, 6.07) is 0. The van der Waals surface area contributed by atoms with Crippen LogP contribution >= 0.6 is 0 Å². The van der Waals surface area contributed by atoms with Gasteiger partial charge < -0.3 is 14.6 Å². The van der Waals surface area contributed by atoms with Gasteiger partial charge >= 0.3 is 0 Å². The van der Waals surface area contributed by atoms with Crippen molar-refractivity contribution in [2.24, 2.45) is 0 Å². The van der Waals surface area contributed by atoms with Crippen molar-refractivity contribution in [1.29, 1.82) is 0 Å². The fourth-order valence-corrected chi connectivity index (χ4v) is 2.94. The van der Waals surface area contributed by atoms with Gasteiger partial charge in [-0.15, -0.1) is 0 Å². The number of amides is 1. The predicted molar refractivity (Wildman–Crippen MR) is 92.6 cm³/mol. The van der Waals surface area contributed by atoms with Crippen LogP contribution in [0.25, 0.3) is 0 Å². The van der Waals surface area contributed by atoms with Crippen LogP contribution < -0.4 is 5.32 Å². The molecule has 7 heteroatoms. The van der Waals surface area contributed by atoms with Crippen LogP contribution in [0.1, 0.15) is 55.9 Å². The first-order valence-corrected chi connectivity index (χ1v) is 8.95. The first-order chi connectivity index (χ1) is 12.3. The van der Waals surface area contributed by atoms with E-state index in [-0.39, 0.29) is 12.0 Å². The maximum atomic E-state index is 12.0. The first kappa shape index (κ1) is 17.5. The molecule has 1 saturated heterocycles. The number of aromatic nitrogens is 4. The van der Waals surface area contributed by atoms with Gasteiger partial charge in [0.2, 0.25) is 5.91 Å². The van der Waals surface area contributed by atoms with E-state index in [0.717, 1.165) is 49.5 Å². The number of carbonyl (C=O) groups excluding carboxylic acids is 1. The minimum atomic E-state index is 0.00967. The maximum Gasteiger partial charge on any atom is 0.222 e. The summed E-state index contributed by atoms with van der Waals surface area (Å²) in [5, 5.41) is 2.91. The molecule has 3 heterocycles. The SMILES string of the molecule is CCc1nccn1CCC(=O)NCc1cnc(C2CCCCO2)nc1. The van der Waals surface area contributed by atoms with E-state index >= 15 is 0 Å². The molecule has 2 aromatic rings. The van der Waals surface area contributed by atoms with E-state index in [4.69, 9.17) is 4.74 Å². The summed E-state index contributed by atoms with van der Waals surface area (Å²) in [4.78, 5) is 25.1. The van der Waals surface area contributed by atoms with E-state index in [0.29, 0.717) is 19.5 Å². The van der Waals surface area contributed by atoms with Gasteiger partial charge in [-0.05, 0) is 19.3 Å². The maximum absolute atomic E-state index is 12.0. The molecule has 1 fully saturated rings. The number of imidazole rings is 1. The minimum absolute atomic E-state index is 0.00967. The molecule has 0 bridgehead atoms. The minimum Gasteiger partial charge on any atom is -0.370 e. The van der Waals surface area contributed by atoms with Crippen LogP contribution in [0.3, 0.4) is 0 Å². The molecule has 2 aromatic heterocycles. The summed E-state index contributed by atoms with van der Waals surface area (Å²) in [6.07, 6.45) is 11.8. The van der Waals surface area contributed by atoms with E-state index in [2.05, 4.69) is 27.2 Å². The van der Waals surface area contributed by atoms with Crippen LogP contribution in [0.15, 0.2) is 24.8 Å². The van der Waals surface area contributed by atoms with Crippen molar-refractivity contribution in [2.45, 2.75) is 58.2 Å². The summed E-state index contributed by atoms with van der Waals surface area (Å²) >= 11 is 0. The average Bonchev–Trinajstić information content (AvgIpc) is 3.13. The Labute approximate surface area is 147 Å². The van der Waals surface area contributed by atoms with Crippen LogP contribution in [0.5, 0.6) is 0 Å². The van der Waals surface area contributed by atoms with Gasteiger partial charge in [0, 0.05) is 62.9 Å². The fraction of sp³-hybridized carbons (Fsp3) is 0.556. The molecule has 7 nitrogen and oxygen atoms in total. The average molecular weight is 343 g/mol. The summed E-state index contributed by atoms with van der Waals surface area (Å²) in [7, 11) is 0. The Morgan fingerprint density at radius 3 is 2.88 bits per heavy atom. The van der Waals surface area contributed by atoms with Crippen LogP contribution in [-0.4, -0.2) is 32.0 Å². The molecule has 0 aromatic carbocycles. The van der Waals surface area contributed by atoms with Crippen molar-refractivity contribution in [2.75, 3.05) is 6.61 Å². The Morgan fingerprint density at radius 2 is 2.16 bits per heavy atom. The molecule has 1 N–H and O–H groups in total. The number of hydrogen-bond acceptors (Lipinski definition) is 5. The zero-order valence-corrected chi connectivity index (χ0v) is 14.6. The third-order valence-corrected chi connectivity index (χ3v) is 4.38. The molecule has 1 aliphatic heterocycles. The highest BCUT2D eigenvalue weighted by molar-refractivity contribution is 5.75. The molecule has 0 saturated carbocycles. The third-order valence-electron chi connectivity index (χ3n) is 4.38. The molecule has 0 aliphatic carbocycles. The molecule has 25 heavy (non-hydrogen) atoms. The molecular formula is C18H25N5O2. The van der Waals surface area contributed by atoms with Crippen molar-refractivity contribution in [3.63, 3.8) is 0 Å². The summed E-state index contributed by atoms with van der Waals surface area (Å²) in [6.45, 7) is 3.92. The van der Waals surface area contributed by atoms with Gasteiger partial charge in [0.15, 0.2) is 5.82 Å². The molecule has 3 rings (SSSR count). The zero-order chi connectivity index (χ0) is 17.5. The van der Waals surface area contributed by atoms with Gasteiger partial charge in [-0.3, -0.25) is 4.79 Å². The van der Waals surface area contributed by atoms with Crippen LogP contribution in [0.2, 0.25) is 0 Å². The third kappa shape index (κ3) is 4.85. The largest absolute Gasteiger partial charge is 0.370 e. The Bertz CT molecular complexity index is 677. The van der Waals surface area contributed by atoms with E-state index in [1.54, 1.807) is 18.6 Å². The number of rotatable bonds is 7. The van der Waals surface area contributed by atoms with Crippen molar-refractivity contribution in [3.8, 4) is 0 Å². The topological polar surface area (TPSA) is 81.9 Å². The standard InChI is InChI=1S/C18H25N5O2/c1-2-16-19-7-9-23(16)8-6-17(24)20-11-14-12-21-18(22-13-14)15-5-3-4-10-25-15/h7,9,12-13,15H,2-6,8,10-11H2,1H3,(H,20,24). The smallest absolute Gasteiger partial charge is 0.222 e. The second-order valence-corrected chi connectivity index (χ2v) is 6.22. The van der Waals surface area contributed by atoms with Gasteiger partial charge in [-0.25, -0.2) is 15.0 Å². The highest BCUT2D eigenvalue weighted by Crippen LogP contribution is 2.24. The highest BCUT2D eigenvalue weighted by atomic mass is 16.5. The fourth-order valence-electron chi connectivity index (χ4n) is 2.94. The quantitative estimate of drug-likeness (QED) is 0.833. The lowest BCUT2D eigenvalue weighted by Gasteiger charge is -2.21. The van der Waals surface area contributed by atoms with E-state index in [1.807, 2.05) is 10.8 Å². The Balaban J connectivity index is 1.44. The molecule has 0 spiro atoms. The Kier molecular flexibility index (Phi) is 6.11. The van der Waals surface area contributed by atoms with Gasteiger partial charge in [0.05, 0.1) is 0 Å². The molecular weight excluding hydrogens is 318 g/mol. The number of nitrogens with one attached hydrogen (secondary N) is 1. The normalized spacial score (nSPS) is 17.4. The van der Waals surface area contributed by atoms with Crippen LogP contribution in [0, 0.1) is 0 Å². The monoisotopic (exact) mass is 343 g/mol. The lowest BCUT2D eigenvalue weighted by Crippen LogP contribution is -2.24. The molecule has 1 aliphatic rings. The number of carbonyl (C=O) groups is 1. The second kappa shape index (κ2) is 8.71. The first-order valence-electron chi connectivity index (χ1n) is 8.95. The molecule has 1 atom stereocenters. The van der Waals surface area contributed by atoms with Crippen molar-refractivity contribution >= 4 is 5.91 Å². The van der Waals surface area contributed by atoms with E-state index in [1.165, 1.54) is 0 Å². The van der Waals surface area contributed by atoms with Crippen molar-refractivity contribution in [1.82, 2.24) is 24.8 Å². The number of ether oxygens (including phenoxy) is 1. The lowest BCUT2D eigenvalue weighted by atomic mass is 10.1. The Morgan fingerprint density at radius 1 is 1.32 bits per heavy atom. The summed E-state index contributed by atoms with van der Waals surface area (Å²) in [5.41, 5.74) is 0.893. The summed E-state index contributed by atoms with van der Waals surface area (Å²) < 4.78 is 7.70. The highest BCUT2D eigenvalue weighted by Gasteiger charge is 2.18. The number of nitrogens with zero attached hydrogens (tertiary/aromatic N) is 4. The van der Waals surface area contributed by atoms with E-state index in [9.17, 15) is 4.79 Å². The molecule has 0 radical (unpaired) electrons. The molecule has 1 unspecified atom stereocenters. The Hall–Kier alpha value is -2.28. The number of aryl methyl sites for hydroxylation is 2. The molecule has 134 valence electrons.